The van der Waals surface area contributed by atoms with Crippen LogP contribution in [0.1, 0.15) is 28.3 Å². The van der Waals surface area contributed by atoms with Gasteiger partial charge in [0.05, 0.1) is 5.69 Å². The van der Waals surface area contributed by atoms with Crippen molar-refractivity contribution < 1.29 is 14.7 Å². The van der Waals surface area contributed by atoms with Gasteiger partial charge in [-0.25, -0.2) is 14.8 Å². The van der Waals surface area contributed by atoms with E-state index >= 15 is 0 Å². The van der Waals surface area contributed by atoms with E-state index in [-0.39, 0.29) is 23.8 Å². The number of hydrogen-bond acceptors (Lipinski definition) is 5. The monoisotopic (exact) mass is 289 g/mol. The lowest BCUT2D eigenvalue weighted by Gasteiger charge is -2.07. The predicted octanol–water partition coefficient (Wildman–Crippen LogP) is 1.02. The predicted molar refractivity (Wildman–Crippen MR) is 73.9 cm³/mol. The summed E-state index contributed by atoms with van der Waals surface area (Å²) in [5.74, 6) is -1.63. The van der Waals surface area contributed by atoms with Crippen LogP contribution >= 0.6 is 0 Å². The van der Waals surface area contributed by atoms with Gasteiger partial charge in [-0.2, -0.15) is 5.10 Å². The molecule has 21 heavy (non-hydrogen) atoms. The molecule has 2 aromatic heterocycles. The third kappa shape index (κ3) is 3.62. The van der Waals surface area contributed by atoms with Gasteiger partial charge in [-0.05, 0) is 19.9 Å². The van der Waals surface area contributed by atoms with Gasteiger partial charge in [0, 0.05) is 31.1 Å². The van der Waals surface area contributed by atoms with Crippen LogP contribution in [-0.4, -0.2) is 36.7 Å². The van der Waals surface area contributed by atoms with Crippen molar-refractivity contribution in [1.82, 2.24) is 19.7 Å². The summed E-state index contributed by atoms with van der Waals surface area (Å²) in [5.41, 5.74) is 1.57. The highest BCUT2D eigenvalue weighted by atomic mass is 16.4. The molecule has 0 aliphatic rings. The summed E-state index contributed by atoms with van der Waals surface area (Å²) in [7, 11) is 0. The summed E-state index contributed by atoms with van der Waals surface area (Å²) >= 11 is 0. The molecule has 0 bridgehead atoms. The zero-order valence-electron chi connectivity index (χ0n) is 11.7. The first-order valence-corrected chi connectivity index (χ1v) is 6.32. The third-order valence-corrected chi connectivity index (χ3v) is 2.81. The number of aromatic carboxylic acids is 1. The van der Waals surface area contributed by atoms with Gasteiger partial charge in [-0.3, -0.25) is 9.48 Å². The molecule has 0 spiro atoms. The Balaban J connectivity index is 1.99. The van der Waals surface area contributed by atoms with Crippen molar-refractivity contribution in [3.8, 4) is 0 Å². The molecule has 0 fully saturated rings. The Hall–Kier alpha value is -2.77. The smallest absolute Gasteiger partial charge is 0.358 e. The number of carbonyl (C=O) groups excluding carboxylic acids is 1. The quantitative estimate of drug-likeness (QED) is 0.850. The number of hydrogen-bond donors (Lipinski definition) is 2. The van der Waals surface area contributed by atoms with Gasteiger partial charge >= 0.3 is 5.97 Å². The number of aromatic nitrogens is 4. The first-order valence-electron chi connectivity index (χ1n) is 6.32. The maximum Gasteiger partial charge on any atom is 0.358 e. The molecule has 0 radical (unpaired) electrons. The fourth-order valence-electron chi connectivity index (χ4n) is 1.89. The Labute approximate surface area is 120 Å². The molecule has 2 heterocycles. The topological polar surface area (TPSA) is 110 Å². The Morgan fingerprint density at radius 3 is 2.62 bits per heavy atom. The zero-order chi connectivity index (χ0) is 15.4. The molecule has 2 rings (SSSR count). The van der Waals surface area contributed by atoms with Gasteiger partial charge < -0.3 is 10.4 Å². The number of nitrogens with zero attached hydrogens (tertiary/aromatic N) is 4. The molecule has 8 nitrogen and oxygen atoms in total. The third-order valence-electron chi connectivity index (χ3n) is 2.81. The van der Waals surface area contributed by atoms with Crippen LogP contribution in [0.4, 0.5) is 5.82 Å². The second-order valence-electron chi connectivity index (χ2n) is 4.51. The Kier molecular flexibility index (Phi) is 4.27. The summed E-state index contributed by atoms with van der Waals surface area (Å²) in [6.45, 7) is 4.19. The van der Waals surface area contributed by atoms with E-state index in [0.29, 0.717) is 6.54 Å². The maximum atomic E-state index is 11.9. The van der Waals surface area contributed by atoms with Gasteiger partial charge in [0.2, 0.25) is 5.91 Å². The van der Waals surface area contributed by atoms with Crippen LogP contribution < -0.4 is 5.32 Å². The molecule has 0 unspecified atom stereocenters. The lowest BCUT2D eigenvalue weighted by Crippen LogP contribution is -2.19. The molecule has 0 saturated heterocycles. The van der Waals surface area contributed by atoms with Crippen LogP contribution in [0.15, 0.2) is 18.5 Å². The first-order chi connectivity index (χ1) is 9.97. The highest BCUT2D eigenvalue weighted by molar-refractivity contribution is 5.97. The Morgan fingerprint density at radius 2 is 2.00 bits per heavy atom. The molecule has 110 valence electrons. The molecule has 0 aliphatic carbocycles. The number of aryl methyl sites for hydroxylation is 3. The van der Waals surface area contributed by atoms with E-state index in [0.717, 1.165) is 11.4 Å². The van der Waals surface area contributed by atoms with Crippen LogP contribution in [0.2, 0.25) is 0 Å². The van der Waals surface area contributed by atoms with E-state index in [9.17, 15) is 9.59 Å². The Morgan fingerprint density at radius 1 is 1.29 bits per heavy atom. The van der Waals surface area contributed by atoms with E-state index in [4.69, 9.17) is 5.11 Å². The molecule has 2 aromatic rings. The maximum absolute atomic E-state index is 11.9. The number of carboxylic acids is 1. The number of amides is 1. The van der Waals surface area contributed by atoms with Gasteiger partial charge in [0.25, 0.3) is 0 Å². The highest BCUT2D eigenvalue weighted by Gasteiger charge is 2.15. The first kappa shape index (κ1) is 14.6. The number of nitrogens with one attached hydrogen (secondary N) is 1. The minimum Gasteiger partial charge on any atom is -0.476 e. The molecule has 8 heteroatoms. The summed E-state index contributed by atoms with van der Waals surface area (Å²) in [6, 6.07) is 1.92. The van der Waals surface area contributed by atoms with Crippen molar-refractivity contribution in [2.75, 3.05) is 5.32 Å². The van der Waals surface area contributed by atoms with Crippen LogP contribution in [0, 0.1) is 13.8 Å². The highest BCUT2D eigenvalue weighted by Crippen LogP contribution is 2.09. The van der Waals surface area contributed by atoms with Crippen molar-refractivity contribution in [3.05, 3.63) is 35.5 Å². The fraction of sp³-hybridized carbons (Fsp3) is 0.308. The summed E-state index contributed by atoms with van der Waals surface area (Å²) in [6.07, 6.45) is 2.75. The molecule has 1 amide bonds. The van der Waals surface area contributed by atoms with Crippen LogP contribution in [-0.2, 0) is 11.3 Å². The van der Waals surface area contributed by atoms with Crippen molar-refractivity contribution in [2.24, 2.45) is 0 Å². The summed E-state index contributed by atoms with van der Waals surface area (Å²) < 4.78 is 1.73. The number of carboxylic acid groups (broad SMARTS) is 1. The lowest BCUT2D eigenvalue weighted by atomic mass is 10.3. The van der Waals surface area contributed by atoms with E-state index in [2.05, 4.69) is 20.4 Å². The van der Waals surface area contributed by atoms with E-state index < -0.39 is 5.97 Å². The SMILES string of the molecule is Cc1cc(C)n(CCC(=O)Nc2nccnc2C(=O)O)n1. The zero-order valence-corrected chi connectivity index (χ0v) is 11.7. The van der Waals surface area contributed by atoms with E-state index in [1.54, 1.807) is 4.68 Å². The molecular weight excluding hydrogens is 274 g/mol. The Bertz CT molecular complexity index is 680. The minimum absolute atomic E-state index is 0.0524. The molecule has 0 aliphatic heterocycles. The van der Waals surface area contributed by atoms with Crippen LogP contribution in [0.5, 0.6) is 0 Å². The van der Waals surface area contributed by atoms with Crippen LogP contribution in [0.3, 0.4) is 0 Å². The van der Waals surface area contributed by atoms with Crippen molar-refractivity contribution in [1.29, 1.82) is 0 Å². The van der Waals surface area contributed by atoms with Gasteiger partial charge in [-0.15, -0.1) is 0 Å². The van der Waals surface area contributed by atoms with Gasteiger partial charge in [-0.1, -0.05) is 0 Å². The second-order valence-corrected chi connectivity index (χ2v) is 4.51. The van der Waals surface area contributed by atoms with E-state index in [1.165, 1.54) is 12.4 Å². The molecule has 0 atom stereocenters. The van der Waals surface area contributed by atoms with Gasteiger partial charge in [0.15, 0.2) is 11.5 Å². The van der Waals surface area contributed by atoms with Crippen molar-refractivity contribution >= 4 is 17.7 Å². The summed E-state index contributed by atoms with van der Waals surface area (Å²) in [5, 5.41) is 15.7. The standard InChI is InChI=1S/C13H15N5O3/c1-8-7-9(2)18(17-8)6-3-10(19)16-12-11(13(20)21)14-4-5-15-12/h4-5,7H,3,6H2,1-2H3,(H,20,21)(H,15,16,19). The molecular formula is C13H15N5O3. The number of anilines is 1. The van der Waals surface area contributed by atoms with Gasteiger partial charge in [0.1, 0.15) is 0 Å². The normalized spacial score (nSPS) is 10.4. The number of rotatable bonds is 5. The summed E-state index contributed by atoms with van der Waals surface area (Å²) in [4.78, 5) is 30.3. The van der Waals surface area contributed by atoms with Crippen molar-refractivity contribution in [2.45, 2.75) is 26.8 Å². The average molecular weight is 289 g/mol. The average Bonchev–Trinajstić information content (AvgIpc) is 2.75. The fourth-order valence-corrected chi connectivity index (χ4v) is 1.89. The molecule has 0 saturated carbocycles. The second kappa shape index (κ2) is 6.12. The lowest BCUT2D eigenvalue weighted by molar-refractivity contribution is -0.116. The molecule has 2 N–H and O–H groups in total. The van der Waals surface area contributed by atoms with Crippen LogP contribution in [0.25, 0.3) is 0 Å². The minimum atomic E-state index is -1.24. The largest absolute Gasteiger partial charge is 0.476 e. The number of carbonyl (C=O) groups is 2. The molecule has 0 aromatic carbocycles. The van der Waals surface area contributed by atoms with Crippen molar-refractivity contribution in [3.63, 3.8) is 0 Å². The van der Waals surface area contributed by atoms with E-state index in [1.807, 2.05) is 19.9 Å².